The molecule has 0 aliphatic carbocycles. The van der Waals surface area contributed by atoms with Gasteiger partial charge in [-0.1, -0.05) is 0 Å². The molecule has 2 N–H and O–H groups in total. The smallest absolute Gasteiger partial charge is 0.328 e. The highest BCUT2D eigenvalue weighted by molar-refractivity contribution is 5.85. The Morgan fingerprint density at radius 1 is 1.45 bits per heavy atom. The molecule has 0 aromatic rings. The van der Waals surface area contributed by atoms with E-state index in [0.29, 0.717) is 13.1 Å². The summed E-state index contributed by atoms with van der Waals surface area (Å²) < 4.78 is 12.0. The average molecular weight is 183 g/mol. The number of rotatable bonds is 0. The molecule has 1 rings (SSSR count). The minimum absolute atomic E-state index is 0. The summed E-state index contributed by atoms with van der Waals surface area (Å²) in [6.07, 6.45) is 0.109. The van der Waals surface area contributed by atoms with E-state index in [1.807, 2.05) is 0 Å². The van der Waals surface area contributed by atoms with E-state index in [0.717, 1.165) is 12.8 Å². The lowest BCUT2D eigenvalue weighted by Gasteiger charge is -2.27. The van der Waals surface area contributed by atoms with E-state index in [1.54, 1.807) is 0 Å². The highest BCUT2D eigenvalue weighted by Crippen LogP contribution is 2.08. The van der Waals surface area contributed by atoms with Crippen LogP contribution >= 0.6 is 12.4 Å². The van der Waals surface area contributed by atoms with Crippen LogP contribution in [-0.4, -0.2) is 30.2 Å². The zero-order chi connectivity index (χ0) is 7.56. The Labute approximate surface area is 71.1 Å². The Hall–Kier alpha value is -0.350. The van der Waals surface area contributed by atoms with Crippen LogP contribution in [0.15, 0.2) is 0 Å². The van der Waals surface area contributed by atoms with Gasteiger partial charge in [0, 0.05) is 19.1 Å². The normalized spacial score (nSPS) is 19.3. The molecule has 0 aromatic carbocycles. The van der Waals surface area contributed by atoms with Crippen molar-refractivity contribution in [3.05, 3.63) is 0 Å². The number of likely N-dealkylation sites (tertiary alicyclic amines) is 1. The van der Waals surface area contributed by atoms with Crippen LogP contribution in [0.1, 0.15) is 12.8 Å². The molecule has 11 heavy (non-hydrogen) atoms. The van der Waals surface area contributed by atoms with Crippen molar-refractivity contribution >= 4 is 18.6 Å². The molecule has 0 radical (unpaired) electrons. The van der Waals surface area contributed by atoms with E-state index in [2.05, 4.69) is 0 Å². The lowest BCUT2D eigenvalue weighted by Crippen LogP contribution is -2.40. The number of amides is 1. The molecular formula is C6H12ClFN2O. The van der Waals surface area contributed by atoms with Gasteiger partial charge in [0.15, 0.2) is 0 Å². The fraction of sp³-hybridized carbons (Fsp3) is 0.833. The first kappa shape index (κ1) is 10.7. The van der Waals surface area contributed by atoms with Crippen molar-refractivity contribution in [1.29, 1.82) is 0 Å². The topological polar surface area (TPSA) is 46.3 Å². The van der Waals surface area contributed by atoms with E-state index in [-0.39, 0.29) is 18.4 Å². The largest absolute Gasteiger partial charge is 0.400 e. The number of halogens is 2. The monoisotopic (exact) mass is 182 g/mol. The summed E-state index contributed by atoms with van der Waals surface area (Å²) in [5, 5.41) is 0. The van der Waals surface area contributed by atoms with Crippen LogP contribution in [0.4, 0.5) is 9.18 Å². The first-order chi connectivity index (χ1) is 4.70. The zero-order valence-electron chi connectivity index (χ0n) is 6.12. The van der Waals surface area contributed by atoms with Gasteiger partial charge in [-0.05, 0) is 12.8 Å². The van der Waals surface area contributed by atoms with Gasteiger partial charge in [-0.25, -0.2) is 4.79 Å². The molecule has 0 spiro atoms. The van der Waals surface area contributed by atoms with Crippen molar-refractivity contribution in [2.75, 3.05) is 13.1 Å². The van der Waals surface area contributed by atoms with Gasteiger partial charge < -0.3 is 10.6 Å². The number of carbonyl (C=O) groups excluding carboxylic acids is 1. The summed E-state index contributed by atoms with van der Waals surface area (Å²) in [5.41, 5.74) is 5.54. The van der Waals surface area contributed by atoms with Crippen LogP contribution in [0, 0.1) is 0 Å². The number of hydrogen-bond acceptors (Lipinski definition) is 2. The van der Waals surface area contributed by atoms with E-state index in [9.17, 15) is 9.18 Å². The van der Waals surface area contributed by atoms with Gasteiger partial charge in [-0.2, -0.15) is 0 Å². The first-order valence-electron chi connectivity index (χ1n) is 3.40. The summed E-state index contributed by atoms with van der Waals surface area (Å²) in [6, 6.07) is 0.149. The van der Waals surface area contributed by atoms with Gasteiger partial charge in [0.1, 0.15) is 0 Å². The molecule has 1 amide bonds. The van der Waals surface area contributed by atoms with E-state index < -0.39 is 6.16 Å². The van der Waals surface area contributed by atoms with Crippen molar-refractivity contribution in [1.82, 2.24) is 4.90 Å². The molecule has 1 aliphatic heterocycles. The van der Waals surface area contributed by atoms with E-state index in [1.165, 1.54) is 4.90 Å². The van der Waals surface area contributed by atoms with Crippen LogP contribution < -0.4 is 5.73 Å². The van der Waals surface area contributed by atoms with Crippen molar-refractivity contribution in [3.63, 3.8) is 0 Å². The number of hydrogen-bond donors (Lipinski definition) is 1. The Morgan fingerprint density at radius 3 is 2.27 bits per heavy atom. The maximum atomic E-state index is 12.0. The molecule has 1 heterocycles. The number of nitrogens with two attached hydrogens (primary N) is 1. The molecule has 5 heteroatoms. The Kier molecular flexibility index (Phi) is 4.37. The van der Waals surface area contributed by atoms with Gasteiger partial charge >= 0.3 is 6.16 Å². The Balaban J connectivity index is 0.000001000. The minimum atomic E-state index is -1.33. The van der Waals surface area contributed by atoms with Crippen LogP contribution in [-0.2, 0) is 0 Å². The summed E-state index contributed by atoms with van der Waals surface area (Å²) in [7, 11) is 0. The van der Waals surface area contributed by atoms with Gasteiger partial charge in [-0.3, -0.25) is 0 Å². The van der Waals surface area contributed by atoms with E-state index >= 15 is 0 Å². The van der Waals surface area contributed by atoms with Crippen LogP contribution in [0.25, 0.3) is 0 Å². The van der Waals surface area contributed by atoms with Gasteiger partial charge in [0.25, 0.3) is 0 Å². The van der Waals surface area contributed by atoms with E-state index in [4.69, 9.17) is 5.73 Å². The summed E-state index contributed by atoms with van der Waals surface area (Å²) >= 11 is 0. The fourth-order valence-corrected chi connectivity index (χ4v) is 1.08. The SMILES string of the molecule is Cl.NC1CCN(C(=O)F)CC1. The van der Waals surface area contributed by atoms with Crippen LogP contribution in [0.3, 0.4) is 0 Å². The summed E-state index contributed by atoms with van der Waals surface area (Å²) in [5.74, 6) is 0. The predicted octanol–water partition coefficient (Wildman–Crippen LogP) is 0.921. The predicted molar refractivity (Wildman–Crippen MR) is 42.5 cm³/mol. The van der Waals surface area contributed by atoms with Crippen molar-refractivity contribution in [2.45, 2.75) is 18.9 Å². The maximum Gasteiger partial charge on any atom is 0.400 e. The molecule has 1 fully saturated rings. The molecule has 3 nitrogen and oxygen atoms in total. The molecule has 0 saturated carbocycles. The third kappa shape index (κ3) is 3.03. The molecule has 0 aromatic heterocycles. The fourth-order valence-electron chi connectivity index (χ4n) is 1.08. The van der Waals surface area contributed by atoms with Gasteiger partial charge in [0.05, 0.1) is 0 Å². The van der Waals surface area contributed by atoms with Gasteiger partial charge in [-0.15, -0.1) is 16.8 Å². The molecule has 0 atom stereocenters. The highest BCUT2D eigenvalue weighted by Gasteiger charge is 2.19. The van der Waals surface area contributed by atoms with Crippen LogP contribution in [0.5, 0.6) is 0 Å². The second-order valence-electron chi connectivity index (χ2n) is 2.58. The molecule has 1 aliphatic rings. The van der Waals surface area contributed by atoms with Crippen LogP contribution in [0.2, 0.25) is 0 Å². The quantitative estimate of drug-likeness (QED) is 0.447. The second kappa shape index (κ2) is 4.51. The third-order valence-electron chi connectivity index (χ3n) is 1.79. The Morgan fingerprint density at radius 2 is 1.91 bits per heavy atom. The molecule has 1 saturated heterocycles. The molecular weight excluding hydrogens is 171 g/mol. The lowest BCUT2D eigenvalue weighted by molar-refractivity contribution is 0.160. The minimum Gasteiger partial charge on any atom is -0.328 e. The van der Waals surface area contributed by atoms with Crippen molar-refractivity contribution < 1.29 is 9.18 Å². The number of piperidine rings is 1. The summed E-state index contributed by atoms with van der Waals surface area (Å²) in [4.78, 5) is 11.3. The third-order valence-corrected chi connectivity index (χ3v) is 1.79. The highest BCUT2D eigenvalue weighted by atomic mass is 35.5. The lowest BCUT2D eigenvalue weighted by atomic mass is 10.1. The first-order valence-corrected chi connectivity index (χ1v) is 3.40. The zero-order valence-corrected chi connectivity index (χ0v) is 6.94. The number of carbonyl (C=O) groups is 1. The van der Waals surface area contributed by atoms with Gasteiger partial charge in [0.2, 0.25) is 0 Å². The second-order valence-corrected chi connectivity index (χ2v) is 2.58. The maximum absolute atomic E-state index is 12.0. The standard InChI is InChI=1S/C6H11FN2O.ClH/c7-6(10)9-3-1-5(8)2-4-9;/h5H,1-4,8H2;1H. The number of nitrogens with zero attached hydrogens (tertiary/aromatic N) is 1. The average Bonchev–Trinajstić information content (AvgIpc) is 1.88. The Bertz CT molecular complexity index is 137. The molecule has 0 unspecified atom stereocenters. The summed E-state index contributed by atoms with van der Waals surface area (Å²) in [6.45, 7) is 0.938. The molecule has 0 bridgehead atoms. The molecule has 66 valence electrons. The van der Waals surface area contributed by atoms with Crippen molar-refractivity contribution in [3.8, 4) is 0 Å². The van der Waals surface area contributed by atoms with Crippen molar-refractivity contribution in [2.24, 2.45) is 5.73 Å².